The highest BCUT2D eigenvalue weighted by molar-refractivity contribution is 5.99. The zero-order valence-corrected chi connectivity index (χ0v) is 15.3. The average molecular weight is 332 g/mol. The fourth-order valence-electron chi connectivity index (χ4n) is 7.46. The second-order valence-corrected chi connectivity index (χ2v) is 9.45. The van der Waals surface area contributed by atoms with Gasteiger partial charge in [-0.3, -0.25) is 4.79 Å². The summed E-state index contributed by atoms with van der Waals surface area (Å²) in [6, 6.07) is 0. The van der Waals surface area contributed by atoms with Crippen LogP contribution in [0.3, 0.4) is 0 Å². The third kappa shape index (κ3) is 2.00. The summed E-state index contributed by atoms with van der Waals surface area (Å²) in [5.41, 5.74) is 1.28. The summed E-state index contributed by atoms with van der Waals surface area (Å²) in [6.07, 6.45) is 7.80. The number of hydrogen-bond acceptors (Lipinski definition) is 3. The van der Waals surface area contributed by atoms with Gasteiger partial charge in [0.2, 0.25) is 0 Å². The monoisotopic (exact) mass is 332 g/mol. The predicted molar refractivity (Wildman–Crippen MR) is 93.3 cm³/mol. The number of hydrogen-bond donors (Lipinski definition) is 2. The standard InChI is InChI=1S/C21H32O3/c1-4-13-18(23)11-16-12-5-6-15-19(24)17(22)8-10-21(15,3)14(12)7-9-20(13,16)2/h4,12,14-17,19,22,24H,5-11H2,1-3H3/b13-4+/t12-,14+,15+,16+,17+,19+,20-,21-/m1/s1. The number of fused-ring (bicyclic) bond motifs is 5. The number of aliphatic hydroxyl groups is 2. The van der Waals surface area contributed by atoms with Gasteiger partial charge in [-0.15, -0.1) is 0 Å². The average Bonchev–Trinajstić information content (AvgIpc) is 2.81. The zero-order valence-electron chi connectivity index (χ0n) is 15.3. The highest BCUT2D eigenvalue weighted by atomic mass is 16.3. The maximum Gasteiger partial charge on any atom is 0.159 e. The molecule has 3 nitrogen and oxygen atoms in total. The van der Waals surface area contributed by atoms with Gasteiger partial charge in [0.15, 0.2) is 5.78 Å². The first-order valence-electron chi connectivity index (χ1n) is 9.89. The molecule has 24 heavy (non-hydrogen) atoms. The molecule has 4 aliphatic rings. The fraction of sp³-hybridized carbons (Fsp3) is 0.857. The molecule has 0 bridgehead atoms. The summed E-state index contributed by atoms with van der Waals surface area (Å²) < 4.78 is 0. The molecule has 4 rings (SSSR count). The molecule has 0 aromatic carbocycles. The van der Waals surface area contributed by atoms with Crippen LogP contribution < -0.4 is 0 Å². The first-order valence-corrected chi connectivity index (χ1v) is 9.89. The van der Waals surface area contributed by atoms with E-state index in [0.29, 0.717) is 23.5 Å². The van der Waals surface area contributed by atoms with E-state index >= 15 is 0 Å². The second kappa shape index (κ2) is 5.41. The minimum absolute atomic E-state index is 0.0724. The molecule has 8 atom stereocenters. The van der Waals surface area contributed by atoms with E-state index in [4.69, 9.17) is 0 Å². The molecule has 0 heterocycles. The Hall–Kier alpha value is -0.670. The van der Waals surface area contributed by atoms with Gasteiger partial charge in [0.1, 0.15) is 0 Å². The van der Waals surface area contributed by atoms with Crippen LogP contribution in [-0.2, 0) is 4.79 Å². The smallest absolute Gasteiger partial charge is 0.159 e. The van der Waals surface area contributed by atoms with Crippen LogP contribution in [0.5, 0.6) is 0 Å². The molecular formula is C21H32O3. The van der Waals surface area contributed by atoms with Crippen LogP contribution in [0.2, 0.25) is 0 Å². The molecule has 0 aliphatic heterocycles. The molecule has 0 saturated heterocycles. The lowest BCUT2D eigenvalue weighted by molar-refractivity contribution is -0.169. The quantitative estimate of drug-likeness (QED) is 0.668. The van der Waals surface area contributed by atoms with E-state index in [1.165, 1.54) is 0 Å². The Bertz CT molecular complexity index is 582. The SMILES string of the molecule is C/C=C1\C(=O)C[C@H]2[C@@H]3CC[C@H]4[C@H](O)[C@@H](O)CC[C@]4(C)[C@H]3CC[C@]12C. The Morgan fingerprint density at radius 2 is 1.75 bits per heavy atom. The van der Waals surface area contributed by atoms with E-state index in [1.54, 1.807) is 0 Å². The number of carbonyl (C=O) groups excluding carboxylic acids is 1. The van der Waals surface area contributed by atoms with Gasteiger partial charge < -0.3 is 10.2 Å². The van der Waals surface area contributed by atoms with Crippen molar-refractivity contribution in [1.82, 2.24) is 0 Å². The predicted octanol–water partition coefficient (Wildman–Crippen LogP) is 3.49. The molecule has 0 spiro atoms. The van der Waals surface area contributed by atoms with Gasteiger partial charge >= 0.3 is 0 Å². The van der Waals surface area contributed by atoms with E-state index in [2.05, 4.69) is 19.9 Å². The summed E-state index contributed by atoms with van der Waals surface area (Å²) in [5, 5.41) is 20.7. The number of Topliss-reactive ketones (excluding diaryl/α,β-unsaturated/α-hetero) is 1. The zero-order chi connectivity index (χ0) is 17.3. The lowest BCUT2D eigenvalue weighted by Gasteiger charge is -2.61. The van der Waals surface area contributed by atoms with Gasteiger partial charge in [-0.05, 0) is 85.5 Å². The highest BCUT2D eigenvalue weighted by Crippen LogP contribution is 2.66. The minimum atomic E-state index is -0.561. The number of allylic oxidation sites excluding steroid dienone is 2. The summed E-state index contributed by atoms with van der Waals surface area (Å²) >= 11 is 0. The lowest BCUT2D eigenvalue weighted by Crippen LogP contribution is -2.57. The van der Waals surface area contributed by atoms with E-state index < -0.39 is 12.2 Å². The fourth-order valence-corrected chi connectivity index (χ4v) is 7.46. The molecule has 4 saturated carbocycles. The van der Waals surface area contributed by atoms with Gasteiger partial charge in [-0.25, -0.2) is 0 Å². The number of aliphatic hydroxyl groups excluding tert-OH is 2. The van der Waals surface area contributed by atoms with E-state index in [9.17, 15) is 15.0 Å². The third-order valence-corrected chi connectivity index (χ3v) is 8.73. The molecule has 0 amide bonds. The molecule has 4 aliphatic carbocycles. The summed E-state index contributed by atoms with van der Waals surface area (Å²) in [4.78, 5) is 12.6. The van der Waals surface area contributed by atoms with Gasteiger partial charge in [-0.2, -0.15) is 0 Å². The van der Waals surface area contributed by atoms with Crippen LogP contribution in [-0.4, -0.2) is 28.2 Å². The minimum Gasteiger partial charge on any atom is -0.390 e. The van der Waals surface area contributed by atoms with Gasteiger partial charge in [0.05, 0.1) is 12.2 Å². The summed E-state index contributed by atoms with van der Waals surface area (Å²) in [5.74, 6) is 2.29. The number of ketones is 1. The van der Waals surface area contributed by atoms with Crippen molar-refractivity contribution < 1.29 is 15.0 Å². The Kier molecular flexibility index (Phi) is 3.78. The molecule has 3 heteroatoms. The van der Waals surface area contributed by atoms with Crippen molar-refractivity contribution in [2.24, 2.45) is 34.5 Å². The van der Waals surface area contributed by atoms with E-state index in [-0.39, 0.29) is 16.7 Å². The Labute approximate surface area is 145 Å². The molecule has 4 fully saturated rings. The molecule has 134 valence electrons. The Morgan fingerprint density at radius 1 is 1.00 bits per heavy atom. The van der Waals surface area contributed by atoms with Gasteiger partial charge in [0, 0.05) is 6.42 Å². The molecule has 0 radical (unpaired) electrons. The van der Waals surface area contributed by atoms with E-state index in [0.717, 1.165) is 50.5 Å². The topological polar surface area (TPSA) is 57.5 Å². The van der Waals surface area contributed by atoms with Crippen LogP contribution >= 0.6 is 0 Å². The van der Waals surface area contributed by atoms with Crippen molar-refractivity contribution in [2.45, 2.75) is 77.9 Å². The van der Waals surface area contributed by atoms with Crippen molar-refractivity contribution in [2.75, 3.05) is 0 Å². The van der Waals surface area contributed by atoms with Crippen LogP contribution in [0, 0.1) is 34.5 Å². The Balaban J connectivity index is 1.67. The largest absolute Gasteiger partial charge is 0.390 e. The molecule has 2 N–H and O–H groups in total. The first kappa shape index (κ1) is 16.8. The van der Waals surface area contributed by atoms with Crippen LogP contribution in [0.1, 0.15) is 65.7 Å². The second-order valence-electron chi connectivity index (χ2n) is 9.45. The van der Waals surface area contributed by atoms with Crippen LogP contribution in [0.15, 0.2) is 11.6 Å². The first-order chi connectivity index (χ1) is 11.3. The lowest BCUT2D eigenvalue weighted by atomic mass is 9.44. The van der Waals surface area contributed by atoms with Crippen molar-refractivity contribution in [3.8, 4) is 0 Å². The van der Waals surface area contributed by atoms with Crippen LogP contribution in [0.4, 0.5) is 0 Å². The number of carbonyl (C=O) groups is 1. The highest BCUT2D eigenvalue weighted by Gasteiger charge is 2.61. The van der Waals surface area contributed by atoms with E-state index in [1.807, 2.05) is 6.92 Å². The van der Waals surface area contributed by atoms with Crippen molar-refractivity contribution in [3.63, 3.8) is 0 Å². The van der Waals surface area contributed by atoms with Crippen LogP contribution in [0.25, 0.3) is 0 Å². The molecule has 0 unspecified atom stereocenters. The van der Waals surface area contributed by atoms with Gasteiger partial charge in [0.25, 0.3) is 0 Å². The molecule has 0 aromatic heterocycles. The third-order valence-electron chi connectivity index (χ3n) is 8.73. The molecule has 0 aromatic rings. The van der Waals surface area contributed by atoms with Crippen molar-refractivity contribution in [1.29, 1.82) is 0 Å². The van der Waals surface area contributed by atoms with Crippen molar-refractivity contribution in [3.05, 3.63) is 11.6 Å². The summed E-state index contributed by atoms with van der Waals surface area (Å²) in [6.45, 7) is 6.70. The van der Waals surface area contributed by atoms with Gasteiger partial charge in [-0.1, -0.05) is 19.9 Å². The number of rotatable bonds is 0. The van der Waals surface area contributed by atoms with Crippen molar-refractivity contribution >= 4 is 5.78 Å². The Morgan fingerprint density at radius 3 is 2.46 bits per heavy atom. The maximum atomic E-state index is 12.6. The normalized spacial score (nSPS) is 55.9. The maximum absolute atomic E-state index is 12.6. The molecular weight excluding hydrogens is 300 g/mol. The summed E-state index contributed by atoms with van der Waals surface area (Å²) in [7, 11) is 0.